The Morgan fingerprint density at radius 2 is 1.76 bits per heavy atom. The van der Waals surface area contributed by atoms with Gasteiger partial charge in [-0.2, -0.15) is 0 Å². The molecule has 4 aliphatic carbocycles. The van der Waals surface area contributed by atoms with E-state index in [4.69, 9.17) is 10.5 Å². The molecule has 0 aromatic carbocycles. The van der Waals surface area contributed by atoms with Gasteiger partial charge in [0.25, 0.3) is 0 Å². The van der Waals surface area contributed by atoms with E-state index in [1.165, 1.54) is 32.1 Å². The average molecular weight is 292 g/mol. The predicted molar refractivity (Wildman–Crippen MR) is 80.5 cm³/mol. The first-order valence-electron chi connectivity index (χ1n) is 8.77. The number of rotatable bonds is 2. The van der Waals surface area contributed by atoms with Crippen LogP contribution >= 0.6 is 0 Å². The van der Waals surface area contributed by atoms with Crippen molar-refractivity contribution in [2.24, 2.45) is 35.3 Å². The Balaban J connectivity index is 1.47. The second kappa shape index (κ2) is 5.24. The van der Waals surface area contributed by atoms with Crippen LogP contribution in [0.25, 0.3) is 0 Å². The molecule has 4 nitrogen and oxygen atoms in total. The molecule has 5 aliphatic rings. The normalized spacial score (nSPS) is 46.7. The predicted octanol–water partition coefficient (Wildman–Crippen LogP) is 1.63. The highest BCUT2D eigenvalue weighted by Gasteiger charge is 2.51. The van der Waals surface area contributed by atoms with Crippen molar-refractivity contribution >= 4 is 5.91 Å². The van der Waals surface area contributed by atoms with Crippen molar-refractivity contribution in [1.82, 2.24) is 4.90 Å². The number of hydrogen-bond donors (Lipinski definition) is 1. The van der Waals surface area contributed by atoms with Crippen LogP contribution in [-0.4, -0.2) is 42.6 Å². The summed E-state index contributed by atoms with van der Waals surface area (Å²) in [7, 11) is 0. The number of nitrogens with zero attached hydrogens (tertiary/aromatic N) is 1. The first kappa shape index (κ1) is 14.0. The number of morpholine rings is 1. The Bertz CT molecular complexity index is 395. The smallest absolute Gasteiger partial charge is 0.226 e. The highest BCUT2D eigenvalue weighted by Crippen LogP contribution is 2.56. The summed E-state index contributed by atoms with van der Waals surface area (Å²) in [6, 6.07) is -0.000833. The summed E-state index contributed by atoms with van der Waals surface area (Å²) in [5, 5.41) is 0. The summed E-state index contributed by atoms with van der Waals surface area (Å²) in [6.45, 7) is 4.07. The van der Waals surface area contributed by atoms with Gasteiger partial charge in [0.2, 0.25) is 5.91 Å². The summed E-state index contributed by atoms with van der Waals surface area (Å²) in [5.74, 6) is 3.93. The second-order valence-corrected chi connectivity index (χ2v) is 8.01. The van der Waals surface area contributed by atoms with Crippen molar-refractivity contribution in [3.05, 3.63) is 0 Å². The third kappa shape index (κ3) is 2.40. The molecule has 0 aromatic rings. The molecule has 4 bridgehead atoms. The number of hydrogen-bond acceptors (Lipinski definition) is 3. The van der Waals surface area contributed by atoms with Crippen molar-refractivity contribution in [3.8, 4) is 0 Å². The lowest BCUT2D eigenvalue weighted by Crippen LogP contribution is -2.57. The first-order valence-corrected chi connectivity index (χ1v) is 8.77. The van der Waals surface area contributed by atoms with Gasteiger partial charge in [-0.05, 0) is 62.7 Å². The summed E-state index contributed by atoms with van der Waals surface area (Å²) in [4.78, 5) is 15.1. The molecule has 0 radical (unpaired) electrons. The topological polar surface area (TPSA) is 55.6 Å². The molecular weight excluding hydrogens is 264 g/mol. The van der Waals surface area contributed by atoms with Gasteiger partial charge >= 0.3 is 0 Å². The fraction of sp³-hybridized carbons (Fsp3) is 0.941. The van der Waals surface area contributed by atoms with Gasteiger partial charge in [0, 0.05) is 25.0 Å². The molecule has 4 saturated carbocycles. The maximum atomic E-state index is 13.1. The molecule has 1 amide bonds. The zero-order chi connectivity index (χ0) is 14.6. The number of amides is 1. The van der Waals surface area contributed by atoms with Crippen molar-refractivity contribution in [1.29, 1.82) is 0 Å². The van der Waals surface area contributed by atoms with Crippen LogP contribution in [0.2, 0.25) is 0 Å². The van der Waals surface area contributed by atoms with E-state index in [0.717, 1.165) is 18.4 Å². The second-order valence-electron chi connectivity index (χ2n) is 8.01. The summed E-state index contributed by atoms with van der Waals surface area (Å²) < 4.78 is 5.71. The summed E-state index contributed by atoms with van der Waals surface area (Å²) in [6.07, 6.45) is 6.70. The standard InChI is InChI=1S/C17H28N2O2/c1-10(18)15-9-19(2-3-21-15)17(20)16-13-5-11-4-12(7-13)8-14(16)6-11/h10-16H,2-9,18H2,1H3. The first-order chi connectivity index (χ1) is 10.1. The molecule has 0 aromatic heterocycles. The van der Waals surface area contributed by atoms with Crippen LogP contribution in [0, 0.1) is 29.6 Å². The van der Waals surface area contributed by atoms with Crippen LogP contribution in [0.5, 0.6) is 0 Å². The Labute approximate surface area is 127 Å². The van der Waals surface area contributed by atoms with Crippen molar-refractivity contribution in [2.45, 2.75) is 51.2 Å². The average Bonchev–Trinajstić information content (AvgIpc) is 2.46. The van der Waals surface area contributed by atoms with E-state index in [-0.39, 0.29) is 12.1 Å². The van der Waals surface area contributed by atoms with E-state index >= 15 is 0 Å². The van der Waals surface area contributed by atoms with Crippen LogP contribution in [-0.2, 0) is 9.53 Å². The van der Waals surface area contributed by atoms with Crippen LogP contribution < -0.4 is 5.73 Å². The highest BCUT2D eigenvalue weighted by atomic mass is 16.5. The lowest BCUT2D eigenvalue weighted by molar-refractivity contribution is -0.156. The minimum absolute atomic E-state index is 0.000833. The van der Waals surface area contributed by atoms with E-state index in [1.807, 2.05) is 6.92 Å². The largest absolute Gasteiger partial charge is 0.373 e. The van der Waals surface area contributed by atoms with E-state index in [1.54, 1.807) is 0 Å². The molecule has 4 heteroatoms. The molecule has 1 heterocycles. The molecular formula is C17H28N2O2. The third-order valence-electron chi connectivity index (χ3n) is 6.50. The summed E-state index contributed by atoms with van der Waals surface area (Å²) >= 11 is 0. The monoisotopic (exact) mass is 292 g/mol. The number of ether oxygens (including phenoxy) is 1. The molecule has 21 heavy (non-hydrogen) atoms. The lowest BCUT2D eigenvalue weighted by Gasteiger charge is -2.54. The van der Waals surface area contributed by atoms with E-state index in [9.17, 15) is 4.79 Å². The van der Waals surface area contributed by atoms with Crippen LogP contribution in [0.3, 0.4) is 0 Å². The van der Waals surface area contributed by atoms with Gasteiger partial charge in [-0.3, -0.25) is 4.79 Å². The van der Waals surface area contributed by atoms with Crippen LogP contribution in [0.1, 0.15) is 39.0 Å². The molecule has 1 saturated heterocycles. The molecule has 5 rings (SSSR count). The Hall–Kier alpha value is -0.610. The van der Waals surface area contributed by atoms with Crippen molar-refractivity contribution < 1.29 is 9.53 Å². The molecule has 2 atom stereocenters. The zero-order valence-electron chi connectivity index (χ0n) is 13.0. The molecule has 2 N–H and O–H groups in total. The third-order valence-corrected chi connectivity index (χ3v) is 6.50. The van der Waals surface area contributed by atoms with Crippen LogP contribution in [0.4, 0.5) is 0 Å². The molecule has 5 fully saturated rings. The number of nitrogens with two attached hydrogens (primary N) is 1. The van der Waals surface area contributed by atoms with Crippen LogP contribution in [0.15, 0.2) is 0 Å². The molecule has 2 unspecified atom stereocenters. The Kier molecular flexibility index (Phi) is 3.49. The van der Waals surface area contributed by atoms with Gasteiger partial charge in [0.15, 0.2) is 0 Å². The van der Waals surface area contributed by atoms with E-state index in [2.05, 4.69) is 4.90 Å². The van der Waals surface area contributed by atoms with E-state index < -0.39 is 0 Å². The molecule has 118 valence electrons. The van der Waals surface area contributed by atoms with Gasteiger partial charge in [-0.25, -0.2) is 0 Å². The quantitative estimate of drug-likeness (QED) is 0.841. The maximum Gasteiger partial charge on any atom is 0.226 e. The van der Waals surface area contributed by atoms with Gasteiger partial charge in [-0.15, -0.1) is 0 Å². The number of carbonyl (C=O) groups excluding carboxylic acids is 1. The fourth-order valence-corrected chi connectivity index (χ4v) is 5.73. The Morgan fingerprint density at radius 1 is 1.14 bits per heavy atom. The van der Waals surface area contributed by atoms with E-state index in [0.29, 0.717) is 36.8 Å². The molecule has 1 aliphatic heterocycles. The lowest BCUT2D eigenvalue weighted by atomic mass is 9.51. The van der Waals surface area contributed by atoms with Crippen molar-refractivity contribution in [3.63, 3.8) is 0 Å². The SMILES string of the molecule is CC(N)C1CN(C(=O)C2C3CC4CC(C3)CC2C4)CCO1. The maximum absolute atomic E-state index is 13.1. The minimum Gasteiger partial charge on any atom is -0.373 e. The van der Waals surface area contributed by atoms with Gasteiger partial charge in [0.05, 0.1) is 12.7 Å². The van der Waals surface area contributed by atoms with Gasteiger partial charge in [0.1, 0.15) is 0 Å². The fourth-order valence-electron chi connectivity index (χ4n) is 5.73. The summed E-state index contributed by atoms with van der Waals surface area (Å²) in [5.41, 5.74) is 5.96. The van der Waals surface area contributed by atoms with Gasteiger partial charge < -0.3 is 15.4 Å². The van der Waals surface area contributed by atoms with Gasteiger partial charge in [-0.1, -0.05) is 0 Å². The number of carbonyl (C=O) groups is 1. The zero-order valence-corrected chi connectivity index (χ0v) is 13.0. The molecule has 0 spiro atoms. The Morgan fingerprint density at radius 3 is 2.33 bits per heavy atom. The highest BCUT2D eigenvalue weighted by molar-refractivity contribution is 5.80. The van der Waals surface area contributed by atoms with Crippen molar-refractivity contribution in [2.75, 3.05) is 19.7 Å². The minimum atomic E-state index is -0.000833.